The van der Waals surface area contributed by atoms with Gasteiger partial charge in [-0.25, -0.2) is 4.98 Å². The monoisotopic (exact) mass is 388 g/mol. The molecule has 0 saturated carbocycles. The second-order valence-electron chi connectivity index (χ2n) is 6.95. The third-order valence-electron chi connectivity index (χ3n) is 5.07. The summed E-state index contributed by atoms with van der Waals surface area (Å²) < 4.78 is 44.0. The number of aliphatic hydroxyl groups excluding tert-OH is 1. The van der Waals surface area contributed by atoms with Crippen LogP contribution in [-0.4, -0.2) is 23.2 Å². The number of alkyl halides is 3. The predicted molar refractivity (Wildman–Crippen MR) is 99.5 cm³/mol. The number of oxazole rings is 1. The summed E-state index contributed by atoms with van der Waals surface area (Å²) in [7, 11) is 1.82. The highest BCUT2D eigenvalue weighted by Crippen LogP contribution is 2.35. The highest BCUT2D eigenvalue weighted by Gasteiger charge is 2.30. The number of benzene rings is 2. The van der Waals surface area contributed by atoms with E-state index >= 15 is 0 Å². The zero-order chi connectivity index (χ0) is 19.9. The van der Waals surface area contributed by atoms with Gasteiger partial charge in [0.15, 0.2) is 5.76 Å². The second kappa shape index (κ2) is 6.98. The van der Waals surface area contributed by atoms with Gasteiger partial charge in [-0.1, -0.05) is 24.3 Å². The Morgan fingerprint density at radius 2 is 1.89 bits per heavy atom. The van der Waals surface area contributed by atoms with Gasteiger partial charge in [0.05, 0.1) is 17.9 Å². The van der Waals surface area contributed by atoms with Crippen LogP contribution in [-0.2, 0) is 19.0 Å². The van der Waals surface area contributed by atoms with E-state index < -0.39 is 11.7 Å². The Balaban J connectivity index is 1.62. The van der Waals surface area contributed by atoms with E-state index in [0.717, 1.165) is 36.2 Å². The van der Waals surface area contributed by atoms with Gasteiger partial charge < -0.3 is 9.52 Å². The van der Waals surface area contributed by atoms with Crippen molar-refractivity contribution in [1.82, 2.24) is 4.98 Å². The Hall–Kier alpha value is -2.80. The fourth-order valence-electron chi connectivity index (χ4n) is 3.54. The molecular formula is C21H19F3N2O2. The lowest BCUT2D eigenvalue weighted by Crippen LogP contribution is -2.22. The number of anilines is 2. The highest BCUT2D eigenvalue weighted by atomic mass is 19.4. The Kier molecular flexibility index (Phi) is 4.63. The topological polar surface area (TPSA) is 49.5 Å². The smallest absolute Gasteiger partial charge is 0.416 e. The average Bonchev–Trinajstić information content (AvgIpc) is 3.16. The van der Waals surface area contributed by atoms with Crippen LogP contribution in [0.4, 0.5) is 24.9 Å². The molecule has 1 N–H and O–H groups in total. The van der Waals surface area contributed by atoms with Crippen LogP contribution in [0.2, 0.25) is 0 Å². The predicted octanol–water partition coefficient (Wildman–Crippen LogP) is 4.98. The van der Waals surface area contributed by atoms with Crippen molar-refractivity contribution in [2.45, 2.75) is 31.5 Å². The second-order valence-corrected chi connectivity index (χ2v) is 6.95. The summed E-state index contributed by atoms with van der Waals surface area (Å²) in [6.07, 6.45) is -1.10. The number of nitrogens with zero attached hydrogens (tertiary/aromatic N) is 2. The summed E-state index contributed by atoms with van der Waals surface area (Å²) in [5, 5.41) is 10.0. The summed E-state index contributed by atoms with van der Waals surface area (Å²) in [5.74, 6) is 0.389. The maximum Gasteiger partial charge on any atom is 0.416 e. The molecule has 2 aromatic carbocycles. The molecule has 1 atom stereocenters. The lowest BCUT2D eigenvalue weighted by molar-refractivity contribution is -0.137. The minimum absolute atomic E-state index is 0.336. The van der Waals surface area contributed by atoms with Crippen LogP contribution >= 0.6 is 0 Å². The number of aryl methyl sites for hydroxylation is 1. The molecule has 0 aliphatic heterocycles. The zero-order valence-electron chi connectivity index (χ0n) is 15.2. The number of aliphatic hydroxyl groups is 1. The molecule has 0 bridgehead atoms. The number of rotatable bonds is 3. The van der Waals surface area contributed by atoms with Gasteiger partial charge in [0.2, 0.25) is 0 Å². The number of hydrogen-bond donors (Lipinski definition) is 1. The first kappa shape index (κ1) is 18.6. The summed E-state index contributed by atoms with van der Waals surface area (Å²) >= 11 is 0. The molecule has 0 saturated heterocycles. The van der Waals surface area contributed by atoms with E-state index in [2.05, 4.69) is 11.1 Å². The fraction of sp³-hybridized carbons (Fsp3) is 0.286. The third-order valence-corrected chi connectivity index (χ3v) is 5.07. The van der Waals surface area contributed by atoms with Crippen LogP contribution in [0.1, 0.15) is 23.1 Å². The van der Waals surface area contributed by atoms with Crippen LogP contribution in [0, 0.1) is 0 Å². The van der Waals surface area contributed by atoms with Gasteiger partial charge >= 0.3 is 12.2 Å². The van der Waals surface area contributed by atoms with Crippen LogP contribution in [0.25, 0.3) is 11.3 Å². The van der Waals surface area contributed by atoms with Gasteiger partial charge in [-0.3, -0.25) is 4.90 Å². The minimum atomic E-state index is -4.37. The fourth-order valence-corrected chi connectivity index (χ4v) is 3.54. The first-order valence-corrected chi connectivity index (χ1v) is 8.99. The van der Waals surface area contributed by atoms with Gasteiger partial charge in [0.25, 0.3) is 0 Å². The van der Waals surface area contributed by atoms with Crippen molar-refractivity contribution < 1.29 is 22.7 Å². The molecule has 146 valence electrons. The van der Waals surface area contributed by atoms with Crippen molar-refractivity contribution in [2.24, 2.45) is 0 Å². The number of hydrogen-bond acceptors (Lipinski definition) is 4. The summed E-state index contributed by atoms with van der Waals surface area (Å²) in [5.41, 5.74) is 2.98. The molecule has 4 nitrogen and oxygen atoms in total. The molecule has 7 heteroatoms. The Bertz CT molecular complexity index is 980. The van der Waals surface area contributed by atoms with Gasteiger partial charge in [0.1, 0.15) is 0 Å². The van der Waals surface area contributed by atoms with E-state index in [0.29, 0.717) is 23.8 Å². The summed E-state index contributed by atoms with van der Waals surface area (Å²) in [6.45, 7) is 0. The lowest BCUT2D eigenvalue weighted by atomic mass is 9.88. The standard InChI is InChI=1S/C21H19F3N2O2/c1-26(18-4-2-3-13-7-10-16(27)11-17(13)18)20-25-12-19(28-20)14-5-8-15(9-6-14)21(22,23)24/h2-6,8-9,12,16,27H,7,10-11H2,1H3. The van der Waals surface area contributed by atoms with Gasteiger partial charge in [-0.2, -0.15) is 13.2 Å². The van der Waals surface area contributed by atoms with Crippen molar-refractivity contribution >= 4 is 11.7 Å². The molecule has 4 rings (SSSR count). The molecule has 1 unspecified atom stereocenters. The first-order chi connectivity index (χ1) is 13.3. The molecule has 0 fully saturated rings. The van der Waals surface area contributed by atoms with E-state index in [9.17, 15) is 18.3 Å². The minimum Gasteiger partial charge on any atom is -0.423 e. The first-order valence-electron chi connectivity index (χ1n) is 8.99. The maximum atomic E-state index is 12.7. The Labute approximate surface area is 160 Å². The van der Waals surface area contributed by atoms with Crippen molar-refractivity contribution in [1.29, 1.82) is 0 Å². The molecule has 0 spiro atoms. The molecule has 28 heavy (non-hydrogen) atoms. The van der Waals surface area contributed by atoms with E-state index in [1.165, 1.54) is 23.9 Å². The molecule has 1 heterocycles. The van der Waals surface area contributed by atoms with Crippen molar-refractivity contribution in [3.05, 3.63) is 65.4 Å². The van der Waals surface area contributed by atoms with Crippen molar-refractivity contribution in [3.63, 3.8) is 0 Å². The van der Waals surface area contributed by atoms with Crippen LogP contribution < -0.4 is 4.90 Å². The highest BCUT2D eigenvalue weighted by molar-refractivity contribution is 5.65. The van der Waals surface area contributed by atoms with E-state index in [-0.39, 0.29) is 6.10 Å². The molecule has 1 aliphatic carbocycles. The lowest BCUT2D eigenvalue weighted by Gasteiger charge is -2.26. The van der Waals surface area contributed by atoms with Crippen LogP contribution in [0.15, 0.2) is 53.1 Å². The molecule has 1 aromatic heterocycles. The zero-order valence-corrected chi connectivity index (χ0v) is 15.2. The SMILES string of the molecule is CN(c1ncc(-c2ccc(C(F)(F)F)cc2)o1)c1cccc2c1CC(O)CC2. The van der Waals surface area contributed by atoms with Crippen molar-refractivity contribution in [2.75, 3.05) is 11.9 Å². The van der Waals surface area contributed by atoms with Crippen LogP contribution in [0.3, 0.4) is 0 Å². The molecular weight excluding hydrogens is 369 g/mol. The normalized spacial score (nSPS) is 16.7. The number of fused-ring (bicyclic) bond motifs is 1. The molecule has 1 aliphatic rings. The Morgan fingerprint density at radius 1 is 1.14 bits per heavy atom. The summed E-state index contributed by atoms with van der Waals surface area (Å²) in [6, 6.07) is 11.1. The van der Waals surface area contributed by atoms with Crippen LogP contribution in [0.5, 0.6) is 0 Å². The van der Waals surface area contributed by atoms with Crippen molar-refractivity contribution in [3.8, 4) is 11.3 Å². The largest absolute Gasteiger partial charge is 0.423 e. The number of aromatic nitrogens is 1. The molecule has 0 amide bonds. The molecule has 0 radical (unpaired) electrons. The van der Waals surface area contributed by atoms with Gasteiger partial charge in [-0.05, 0) is 42.2 Å². The van der Waals surface area contributed by atoms with Gasteiger partial charge in [-0.15, -0.1) is 0 Å². The average molecular weight is 388 g/mol. The quantitative estimate of drug-likeness (QED) is 0.688. The van der Waals surface area contributed by atoms with E-state index in [4.69, 9.17) is 4.42 Å². The summed E-state index contributed by atoms with van der Waals surface area (Å²) in [4.78, 5) is 6.08. The van der Waals surface area contributed by atoms with E-state index in [1.54, 1.807) is 4.90 Å². The van der Waals surface area contributed by atoms with Gasteiger partial charge in [0, 0.05) is 24.7 Å². The maximum absolute atomic E-state index is 12.7. The molecule has 3 aromatic rings. The number of halogens is 3. The van der Waals surface area contributed by atoms with E-state index in [1.807, 2.05) is 19.2 Å². The third kappa shape index (κ3) is 3.49. The Morgan fingerprint density at radius 3 is 2.61 bits per heavy atom.